The van der Waals surface area contributed by atoms with E-state index >= 15 is 0 Å². The molecule has 0 aromatic carbocycles. The molecule has 1 N–H and O–H groups in total. The predicted molar refractivity (Wildman–Crippen MR) is 51.2 cm³/mol. The van der Waals surface area contributed by atoms with Crippen LogP contribution in [0.5, 0.6) is 5.75 Å². The lowest BCUT2D eigenvalue weighted by Gasteiger charge is -2.04. The van der Waals surface area contributed by atoms with E-state index in [4.69, 9.17) is 4.74 Å². The van der Waals surface area contributed by atoms with Crippen LogP contribution in [0.3, 0.4) is 0 Å². The van der Waals surface area contributed by atoms with Crippen molar-refractivity contribution >= 4 is 5.97 Å². The van der Waals surface area contributed by atoms with Crippen LogP contribution in [0.1, 0.15) is 29.9 Å². The monoisotopic (exact) mass is 195 g/mol. The first-order valence-electron chi connectivity index (χ1n) is 4.54. The fourth-order valence-corrected chi connectivity index (χ4v) is 1.05. The summed E-state index contributed by atoms with van der Waals surface area (Å²) in [5, 5.41) is 9.48. The van der Waals surface area contributed by atoms with Crippen LogP contribution in [-0.4, -0.2) is 22.7 Å². The molecule has 0 spiro atoms. The Hall–Kier alpha value is -1.58. The van der Waals surface area contributed by atoms with Crippen LogP contribution in [0.15, 0.2) is 12.3 Å². The number of ether oxygens (including phenoxy) is 1. The highest BCUT2D eigenvalue weighted by Crippen LogP contribution is 2.17. The van der Waals surface area contributed by atoms with E-state index < -0.39 is 5.97 Å². The minimum absolute atomic E-state index is 0.0738. The largest absolute Gasteiger partial charge is 0.507 e. The van der Waals surface area contributed by atoms with Crippen LogP contribution in [0.4, 0.5) is 0 Å². The van der Waals surface area contributed by atoms with Gasteiger partial charge in [-0.15, -0.1) is 0 Å². The molecule has 14 heavy (non-hydrogen) atoms. The molecule has 76 valence electrons. The van der Waals surface area contributed by atoms with E-state index in [1.54, 1.807) is 6.92 Å². The number of hydrogen-bond acceptors (Lipinski definition) is 4. The summed E-state index contributed by atoms with van der Waals surface area (Å²) in [6.07, 6.45) is 2.06. The number of aromatic hydroxyl groups is 1. The topological polar surface area (TPSA) is 59.4 Å². The molecule has 0 unspecified atom stereocenters. The number of rotatable bonds is 3. The SMILES string of the molecule is CCOC(=O)c1cnc(CC)cc1O. The average Bonchev–Trinajstić information content (AvgIpc) is 2.17. The Kier molecular flexibility index (Phi) is 3.45. The zero-order valence-electron chi connectivity index (χ0n) is 8.28. The number of esters is 1. The van der Waals surface area contributed by atoms with Crippen LogP contribution < -0.4 is 0 Å². The van der Waals surface area contributed by atoms with Crippen molar-refractivity contribution in [2.75, 3.05) is 6.61 Å². The smallest absolute Gasteiger partial charge is 0.343 e. The number of aromatic nitrogens is 1. The van der Waals surface area contributed by atoms with Gasteiger partial charge in [0.25, 0.3) is 0 Å². The minimum atomic E-state index is -0.542. The van der Waals surface area contributed by atoms with Crippen LogP contribution >= 0.6 is 0 Å². The van der Waals surface area contributed by atoms with Crippen LogP contribution in [0.2, 0.25) is 0 Å². The molecule has 0 saturated heterocycles. The molecular formula is C10H13NO3. The van der Waals surface area contributed by atoms with E-state index in [9.17, 15) is 9.90 Å². The van der Waals surface area contributed by atoms with Gasteiger partial charge < -0.3 is 9.84 Å². The molecule has 4 nitrogen and oxygen atoms in total. The molecule has 1 aromatic heterocycles. The normalized spacial score (nSPS) is 9.86. The molecule has 0 aliphatic rings. The summed E-state index contributed by atoms with van der Waals surface area (Å²) < 4.78 is 4.74. The molecule has 0 aliphatic heterocycles. The maximum atomic E-state index is 11.2. The van der Waals surface area contributed by atoms with Gasteiger partial charge in [0, 0.05) is 18.0 Å². The molecular weight excluding hydrogens is 182 g/mol. The van der Waals surface area contributed by atoms with E-state index in [-0.39, 0.29) is 17.9 Å². The molecule has 0 atom stereocenters. The third-order valence-corrected chi connectivity index (χ3v) is 1.80. The highest BCUT2D eigenvalue weighted by atomic mass is 16.5. The Morgan fingerprint density at radius 2 is 2.29 bits per heavy atom. The van der Waals surface area contributed by atoms with Gasteiger partial charge >= 0.3 is 5.97 Å². The number of nitrogens with zero attached hydrogens (tertiary/aromatic N) is 1. The molecule has 0 aliphatic carbocycles. The van der Waals surface area contributed by atoms with Gasteiger partial charge in [-0.05, 0) is 13.3 Å². The first-order valence-corrected chi connectivity index (χ1v) is 4.54. The van der Waals surface area contributed by atoms with Crippen molar-refractivity contribution in [3.8, 4) is 5.75 Å². The second-order valence-electron chi connectivity index (χ2n) is 2.77. The highest BCUT2D eigenvalue weighted by molar-refractivity contribution is 5.91. The zero-order chi connectivity index (χ0) is 10.6. The van der Waals surface area contributed by atoms with Crippen molar-refractivity contribution < 1.29 is 14.6 Å². The minimum Gasteiger partial charge on any atom is -0.507 e. The van der Waals surface area contributed by atoms with Gasteiger partial charge in [0.05, 0.1) is 6.61 Å². The van der Waals surface area contributed by atoms with Gasteiger partial charge in [0.1, 0.15) is 11.3 Å². The van der Waals surface area contributed by atoms with Gasteiger partial charge in [0.15, 0.2) is 0 Å². The molecule has 4 heteroatoms. The van der Waals surface area contributed by atoms with Crippen LogP contribution in [0.25, 0.3) is 0 Å². The second kappa shape index (κ2) is 4.60. The fourth-order valence-electron chi connectivity index (χ4n) is 1.05. The summed E-state index contributed by atoms with van der Waals surface area (Å²) in [6, 6.07) is 1.48. The van der Waals surface area contributed by atoms with Crippen LogP contribution in [0, 0.1) is 0 Å². The first-order chi connectivity index (χ1) is 6.69. The number of aryl methyl sites for hydroxylation is 1. The van der Waals surface area contributed by atoms with Crippen molar-refractivity contribution in [1.29, 1.82) is 0 Å². The van der Waals surface area contributed by atoms with Crippen molar-refractivity contribution in [1.82, 2.24) is 4.98 Å². The molecule has 0 saturated carbocycles. The lowest BCUT2D eigenvalue weighted by atomic mass is 10.2. The maximum absolute atomic E-state index is 11.2. The molecule has 0 fully saturated rings. The van der Waals surface area contributed by atoms with Gasteiger partial charge in [-0.25, -0.2) is 4.79 Å². The standard InChI is InChI=1S/C10H13NO3/c1-3-7-5-9(12)8(6-11-7)10(13)14-4-2/h5-6H,3-4H2,1-2H3,(H,11,12). The van der Waals surface area contributed by atoms with Gasteiger partial charge in [-0.2, -0.15) is 0 Å². The summed E-state index contributed by atoms with van der Waals surface area (Å²) in [5.41, 5.74) is 0.861. The quantitative estimate of drug-likeness (QED) is 0.743. The molecule has 0 bridgehead atoms. The predicted octanol–water partition coefficient (Wildman–Crippen LogP) is 1.53. The number of carbonyl (C=O) groups is 1. The molecule has 1 rings (SSSR count). The Labute approximate surface area is 82.5 Å². The van der Waals surface area contributed by atoms with Gasteiger partial charge in [-0.1, -0.05) is 6.92 Å². The number of carbonyl (C=O) groups excluding carboxylic acids is 1. The third kappa shape index (κ3) is 2.22. The fraction of sp³-hybridized carbons (Fsp3) is 0.400. The van der Waals surface area contributed by atoms with Crippen LogP contribution in [-0.2, 0) is 11.2 Å². The summed E-state index contributed by atoms with van der Waals surface area (Å²) in [5.74, 6) is -0.615. The zero-order valence-corrected chi connectivity index (χ0v) is 8.28. The Bertz CT molecular complexity index is 336. The maximum Gasteiger partial charge on any atom is 0.343 e. The Morgan fingerprint density at radius 3 is 2.79 bits per heavy atom. The van der Waals surface area contributed by atoms with E-state index in [1.807, 2.05) is 6.92 Å². The number of hydrogen-bond donors (Lipinski definition) is 1. The highest BCUT2D eigenvalue weighted by Gasteiger charge is 2.12. The van der Waals surface area contributed by atoms with Gasteiger partial charge in [-0.3, -0.25) is 4.98 Å². The first kappa shape index (κ1) is 10.5. The average molecular weight is 195 g/mol. The molecule has 0 radical (unpaired) electrons. The van der Waals surface area contributed by atoms with Crippen molar-refractivity contribution in [3.05, 3.63) is 23.5 Å². The lowest BCUT2D eigenvalue weighted by Crippen LogP contribution is -2.06. The van der Waals surface area contributed by atoms with E-state index in [1.165, 1.54) is 12.3 Å². The van der Waals surface area contributed by atoms with Crippen molar-refractivity contribution in [3.63, 3.8) is 0 Å². The molecule has 0 amide bonds. The summed E-state index contributed by atoms with van der Waals surface area (Å²) >= 11 is 0. The third-order valence-electron chi connectivity index (χ3n) is 1.80. The Morgan fingerprint density at radius 1 is 1.57 bits per heavy atom. The lowest BCUT2D eigenvalue weighted by molar-refractivity contribution is 0.0522. The second-order valence-corrected chi connectivity index (χ2v) is 2.77. The van der Waals surface area contributed by atoms with Gasteiger partial charge in [0.2, 0.25) is 0 Å². The van der Waals surface area contributed by atoms with E-state index in [0.717, 1.165) is 12.1 Å². The summed E-state index contributed by atoms with van der Waals surface area (Å²) in [4.78, 5) is 15.2. The molecule has 1 aromatic rings. The van der Waals surface area contributed by atoms with Crippen molar-refractivity contribution in [2.24, 2.45) is 0 Å². The molecule has 1 heterocycles. The van der Waals surface area contributed by atoms with E-state index in [2.05, 4.69) is 4.98 Å². The summed E-state index contributed by atoms with van der Waals surface area (Å²) in [6.45, 7) is 3.92. The Balaban J connectivity index is 2.94. The van der Waals surface area contributed by atoms with E-state index in [0.29, 0.717) is 0 Å². The van der Waals surface area contributed by atoms with Crippen molar-refractivity contribution in [2.45, 2.75) is 20.3 Å². The number of pyridine rings is 1. The summed E-state index contributed by atoms with van der Waals surface area (Å²) in [7, 11) is 0.